The van der Waals surface area contributed by atoms with Crippen LogP contribution in [0.15, 0.2) is 24.6 Å². The molecule has 0 bridgehead atoms. The number of hydrogen-bond acceptors (Lipinski definition) is 3. The van der Waals surface area contributed by atoms with E-state index in [1.165, 1.54) is 4.90 Å². The highest BCUT2D eigenvalue weighted by Crippen LogP contribution is 2.24. The van der Waals surface area contributed by atoms with E-state index in [9.17, 15) is 4.79 Å². The summed E-state index contributed by atoms with van der Waals surface area (Å²) in [5.74, 6) is 0. The third-order valence-electron chi connectivity index (χ3n) is 2.54. The van der Waals surface area contributed by atoms with Crippen LogP contribution in [0.25, 0.3) is 0 Å². The molecule has 0 aromatic rings. The van der Waals surface area contributed by atoms with Crippen LogP contribution in [0.4, 0.5) is 4.79 Å². The zero-order valence-corrected chi connectivity index (χ0v) is 8.35. The molecule has 2 amide bonds. The van der Waals surface area contributed by atoms with Crippen LogP contribution in [-0.4, -0.2) is 35.0 Å². The van der Waals surface area contributed by atoms with Crippen LogP contribution in [0.1, 0.15) is 12.8 Å². The minimum Gasteiger partial charge on any atom is -0.394 e. The van der Waals surface area contributed by atoms with Crippen molar-refractivity contribution < 1.29 is 14.6 Å². The van der Waals surface area contributed by atoms with Crippen LogP contribution in [0.3, 0.4) is 0 Å². The second kappa shape index (κ2) is 4.04. The highest BCUT2D eigenvalue weighted by molar-refractivity contribution is 5.79. The van der Waals surface area contributed by atoms with Gasteiger partial charge in [-0.2, -0.15) is 0 Å². The standard InChI is InChI=1S/C10H14N2O3/c1-7-4-5-12(10(14)11-7)9-3-2-8(6-13)15-9/h4-5,8-9,13H,1-3,6H2,(H,11,14)/t8-,9+/m0/s1. The van der Waals surface area contributed by atoms with Crippen molar-refractivity contribution in [2.24, 2.45) is 0 Å². The topological polar surface area (TPSA) is 61.8 Å². The van der Waals surface area contributed by atoms with Crippen molar-refractivity contribution in [1.29, 1.82) is 0 Å². The van der Waals surface area contributed by atoms with E-state index >= 15 is 0 Å². The van der Waals surface area contributed by atoms with Gasteiger partial charge in [0.25, 0.3) is 0 Å². The third kappa shape index (κ3) is 2.03. The van der Waals surface area contributed by atoms with Crippen molar-refractivity contribution >= 4 is 6.03 Å². The number of nitrogens with zero attached hydrogens (tertiary/aromatic N) is 1. The Morgan fingerprint density at radius 3 is 3.07 bits per heavy atom. The van der Waals surface area contributed by atoms with E-state index in [0.717, 1.165) is 12.8 Å². The second-order valence-corrected chi connectivity index (χ2v) is 3.65. The largest absolute Gasteiger partial charge is 0.394 e. The summed E-state index contributed by atoms with van der Waals surface area (Å²) >= 11 is 0. The lowest BCUT2D eigenvalue weighted by atomic mass is 10.2. The summed E-state index contributed by atoms with van der Waals surface area (Å²) in [6.45, 7) is 3.63. The number of rotatable bonds is 2. The zero-order chi connectivity index (χ0) is 10.8. The van der Waals surface area contributed by atoms with Gasteiger partial charge in [0.2, 0.25) is 0 Å². The first-order chi connectivity index (χ1) is 7.20. The quantitative estimate of drug-likeness (QED) is 0.699. The molecule has 2 aliphatic rings. The Hall–Kier alpha value is -1.33. The molecular formula is C10H14N2O3. The van der Waals surface area contributed by atoms with E-state index in [1.54, 1.807) is 12.3 Å². The number of urea groups is 1. The van der Waals surface area contributed by atoms with Gasteiger partial charge in [0.15, 0.2) is 0 Å². The lowest BCUT2D eigenvalue weighted by Crippen LogP contribution is -2.44. The van der Waals surface area contributed by atoms with Crippen LogP contribution in [0.5, 0.6) is 0 Å². The van der Waals surface area contributed by atoms with Gasteiger partial charge in [-0.05, 0) is 18.9 Å². The Bertz CT molecular complexity index is 314. The van der Waals surface area contributed by atoms with Gasteiger partial charge in [-0.15, -0.1) is 0 Å². The lowest BCUT2D eigenvalue weighted by Gasteiger charge is -2.28. The van der Waals surface area contributed by atoms with Gasteiger partial charge in [0.05, 0.1) is 12.7 Å². The monoisotopic (exact) mass is 210 g/mol. The molecule has 1 fully saturated rings. The average molecular weight is 210 g/mol. The molecule has 82 valence electrons. The first-order valence-corrected chi connectivity index (χ1v) is 4.93. The molecule has 2 N–H and O–H groups in total. The molecule has 0 spiro atoms. The maximum absolute atomic E-state index is 11.5. The number of carbonyl (C=O) groups is 1. The Morgan fingerprint density at radius 1 is 1.67 bits per heavy atom. The van der Waals surface area contributed by atoms with Crippen LogP contribution in [0, 0.1) is 0 Å². The number of hydrogen-bond donors (Lipinski definition) is 2. The maximum Gasteiger partial charge on any atom is 0.327 e. The first-order valence-electron chi connectivity index (χ1n) is 4.93. The molecule has 2 heterocycles. The highest BCUT2D eigenvalue weighted by atomic mass is 16.5. The van der Waals surface area contributed by atoms with Crippen LogP contribution in [0.2, 0.25) is 0 Å². The Balaban J connectivity index is 2.02. The smallest absolute Gasteiger partial charge is 0.327 e. The van der Waals surface area contributed by atoms with Gasteiger partial charge in [0, 0.05) is 11.9 Å². The third-order valence-corrected chi connectivity index (χ3v) is 2.54. The van der Waals surface area contributed by atoms with Gasteiger partial charge >= 0.3 is 6.03 Å². The Morgan fingerprint density at radius 2 is 2.47 bits per heavy atom. The second-order valence-electron chi connectivity index (χ2n) is 3.65. The number of allylic oxidation sites excluding steroid dienone is 1. The van der Waals surface area contributed by atoms with E-state index < -0.39 is 0 Å². The summed E-state index contributed by atoms with van der Waals surface area (Å²) < 4.78 is 5.49. The fourth-order valence-electron chi connectivity index (χ4n) is 1.73. The average Bonchev–Trinajstić information content (AvgIpc) is 2.66. The van der Waals surface area contributed by atoms with Gasteiger partial charge in [-0.1, -0.05) is 6.58 Å². The number of aliphatic hydroxyl groups excluding tert-OH is 1. The number of aliphatic hydroxyl groups is 1. The molecule has 5 heteroatoms. The van der Waals surface area contributed by atoms with Crippen molar-refractivity contribution in [2.75, 3.05) is 6.61 Å². The van der Waals surface area contributed by atoms with E-state index in [2.05, 4.69) is 11.9 Å². The maximum atomic E-state index is 11.5. The molecule has 15 heavy (non-hydrogen) atoms. The summed E-state index contributed by atoms with van der Waals surface area (Å²) in [6, 6.07) is -0.230. The van der Waals surface area contributed by atoms with Gasteiger partial charge in [-0.25, -0.2) is 4.79 Å². The molecule has 2 rings (SSSR count). The SMILES string of the molecule is C=C1C=CN([C@H]2CC[C@@H](CO)O2)C(=O)N1. The summed E-state index contributed by atoms with van der Waals surface area (Å²) in [5, 5.41) is 11.5. The molecule has 5 nitrogen and oxygen atoms in total. The van der Waals surface area contributed by atoms with E-state index in [0.29, 0.717) is 5.70 Å². The normalized spacial score (nSPS) is 30.9. The summed E-state index contributed by atoms with van der Waals surface area (Å²) in [4.78, 5) is 13.0. The highest BCUT2D eigenvalue weighted by Gasteiger charge is 2.32. The summed E-state index contributed by atoms with van der Waals surface area (Å²) in [5.41, 5.74) is 0.577. The molecule has 0 aromatic carbocycles. The lowest BCUT2D eigenvalue weighted by molar-refractivity contribution is -0.0363. The molecule has 0 saturated carbocycles. The molecule has 0 aromatic heterocycles. The summed E-state index contributed by atoms with van der Waals surface area (Å²) in [7, 11) is 0. The van der Waals surface area contributed by atoms with Crippen LogP contribution >= 0.6 is 0 Å². The predicted molar refractivity (Wildman–Crippen MR) is 53.6 cm³/mol. The molecule has 2 aliphatic heterocycles. The number of nitrogens with one attached hydrogen (secondary N) is 1. The van der Waals surface area contributed by atoms with Crippen molar-refractivity contribution in [3.63, 3.8) is 0 Å². The fourth-order valence-corrected chi connectivity index (χ4v) is 1.73. The van der Waals surface area contributed by atoms with Gasteiger partial charge in [0.1, 0.15) is 6.23 Å². The minimum absolute atomic E-state index is 0.00236. The molecule has 0 unspecified atom stereocenters. The fraction of sp³-hybridized carbons (Fsp3) is 0.500. The number of ether oxygens (including phenoxy) is 1. The number of carbonyl (C=O) groups excluding carboxylic acids is 1. The van der Waals surface area contributed by atoms with Crippen LogP contribution < -0.4 is 5.32 Å². The molecule has 2 atom stereocenters. The minimum atomic E-state index is -0.272. The van der Waals surface area contributed by atoms with Gasteiger partial charge in [-0.3, -0.25) is 4.90 Å². The molecular weight excluding hydrogens is 196 g/mol. The van der Waals surface area contributed by atoms with Crippen LogP contribution in [-0.2, 0) is 4.74 Å². The molecule has 1 saturated heterocycles. The molecule has 0 aliphatic carbocycles. The van der Waals surface area contributed by atoms with E-state index in [1.807, 2.05) is 0 Å². The first kappa shape index (κ1) is 10.2. The van der Waals surface area contributed by atoms with Crippen molar-refractivity contribution in [1.82, 2.24) is 10.2 Å². The van der Waals surface area contributed by atoms with Gasteiger partial charge < -0.3 is 15.2 Å². The van der Waals surface area contributed by atoms with Crippen molar-refractivity contribution in [2.45, 2.75) is 25.2 Å². The Kier molecular flexibility index (Phi) is 2.75. The van der Waals surface area contributed by atoms with Crippen molar-refractivity contribution in [3.8, 4) is 0 Å². The Labute approximate surface area is 88.0 Å². The summed E-state index contributed by atoms with van der Waals surface area (Å²) in [6.07, 6.45) is 4.48. The van der Waals surface area contributed by atoms with E-state index in [-0.39, 0.29) is 25.0 Å². The molecule has 0 radical (unpaired) electrons. The zero-order valence-electron chi connectivity index (χ0n) is 8.35. The van der Waals surface area contributed by atoms with Crippen molar-refractivity contribution in [3.05, 3.63) is 24.6 Å². The number of amides is 2. The predicted octanol–water partition coefficient (Wildman–Crippen LogP) is 0.536. The van der Waals surface area contributed by atoms with E-state index in [4.69, 9.17) is 9.84 Å².